The zero-order chi connectivity index (χ0) is 16.8. The zero-order valence-electron chi connectivity index (χ0n) is 12.9. The van der Waals surface area contributed by atoms with Gasteiger partial charge in [-0.15, -0.1) is 0 Å². The summed E-state index contributed by atoms with van der Waals surface area (Å²) >= 11 is 0. The van der Waals surface area contributed by atoms with E-state index in [1.165, 1.54) is 0 Å². The van der Waals surface area contributed by atoms with Gasteiger partial charge in [0.15, 0.2) is 0 Å². The van der Waals surface area contributed by atoms with Gasteiger partial charge in [0.1, 0.15) is 11.5 Å². The van der Waals surface area contributed by atoms with Crippen LogP contribution < -0.4 is 0 Å². The predicted octanol–water partition coefficient (Wildman–Crippen LogP) is 4.60. The molecule has 0 saturated carbocycles. The Morgan fingerprint density at radius 1 is 0.583 bits per heavy atom. The molecule has 0 aliphatic carbocycles. The predicted molar refractivity (Wildman–Crippen MR) is 97.2 cm³/mol. The number of phenolic OH excluding ortho intramolecular Hbond substituents is 2. The molecule has 4 heteroatoms. The first-order valence-corrected chi connectivity index (χ1v) is 7.46. The largest absolute Gasteiger partial charge is 0.507 e. The lowest BCUT2D eigenvalue weighted by atomic mass is 10.2. The van der Waals surface area contributed by atoms with Crippen molar-refractivity contribution in [1.82, 2.24) is 0 Å². The van der Waals surface area contributed by atoms with E-state index in [0.29, 0.717) is 11.1 Å². The summed E-state index contributed by atoms with van der Waals surface area (Å²) in [6.45, 7) is 0. The Hall–Kier alpha value is -3.40. The van der Waals surface area contributed by atoms with Crippen molar-refractivity contribution in [3.05, 3.63) is 83.9 Å². The highest BCUT2D eigenvalue weighted by molar-refractivity contribution is 5.86. The molecule has 3 rings (SSSR count). The lowest BCUT2D eigenvalue weighted by Crippen LogP contribution is -1.81. The van der Waals surface area contributed by atoms with E-state index in [-0.39, 0.29) is 11.5 Å². The second-order valence-electron chi connectivity index (χ2n) is 5.15. The van der Waals surface area contributed by atoms with Crippen molar-refractivity contribution in [2.75, 3.05) is 0 Å². The number of phenols is 2. The van der Waals surface area contributed by atoms with Gasteiger partial charge >= 0.3 is 0 Å². The van der Waals surface area contributed by atoms with Crippen molar-refractivity contribution in [2.45, 2.75) is 0 Å². The molecule has 0 saturated heterocycles. The average Bonchev–Trinajstić information content (AvgIpc) is 2.61. The van der Waals surface area contributed by atoms with Crippen LogP contribution in [0.3, 0.4) is 0 Å². The van der Waals surface area contributed by atoms with Crippen molar-refractivity contribution >= 4 is 23.8 Å². The molecule has 0 atom stereocenters. The first-order chi connectivity index (χ1) is 11.7. The number of hydrogen-bond donors (Lipinski definition) is 2. The summed E-state index contributed by atoms with van der Waals surface area (Å²) < 4.78 is 0. The summed E-state index contributed by atoms with van der Waals surface area (Å²) in [7, 11) is 0. The van der Waals surface area contributed by atoms with Crippen LogP contribution in [-0.2, 0) is 0 Å². The molecular formula is C20H16N2O2. The maximum atomic E-state index is 9.74. The number of aromatic hydroxyl groups is 2. The fourth-order valence-electron chi connectivity index (χ4n) is 2.14. The van der Waals surface area contributed by atoms with Crippen molar-refractivity contribution < 1.29 is 10.2 Å². The van der Waals surface area contributed by atoms with Crippen molar-refractivity contribution in [1.29, 1.82) is 0 Å². The smallest absolute Gasteiger partial charge is 0.124 e. The van der Waals surface area contributed by atoms with Gasteiger partial charge in [0.2, 0.25) is 0 Å². The molecule has 3 aromatic carbocycles. The summed E-state index contributed by atoms with van der Waals surface area (Å²) in [4.78, 5) is 8.72. The summed E-state index contributed by atoms with van der Waals surface area (Å²) in [6.07, 6.45) is 3.22. The van der Waals surface area contributed by atoms with E-state index < -0.39 is 0 Å². The van der Waals surface area contributed by atoms with Crippen LogP contribution in [0.2, 0.25) is 0 Å². The molecule has 4 nitrogen and oxygen atoms in total. The molecule has 0 bridgehead atoms. The van der Waals surface area contributed by atoms with Gasteiger partial charge in [-0.1, -0.05) is 30.3 Å². The van der Waals surface area contributed by atoms with Gasteiger partial charge in [-0.2, -0.15) is 0 Å². The Balaban J connectivity index is 1.80. The van der Waals surface area contributed by atoms with Crippen LogP contribution in [0.15, 0.2) is 82.8 Å². The molecule has 118 valence electrons. The van der Waals surface area contributed by atoms with E-state index in [0.717, 1.165) is 11.4 Å². The minimum atomic E-state index is 0.190. The fourth-order valence-corrected chi connectivity index (χ4v) is 2.14. The van der Waals surface area contributed by atoms with Crippen molar-refractivity contribution in [3.8, 4) is 11.5 Å². The molecule has 0 aliphatic heterocycles. The van der Waals surface area contributed by atoms with Crippen LogP contribution in [0, 0.1) is 0 Å². The van der Waals surface area contributed by atoms with E-state index in [1.54, 1.807) is 48.8 Å². The molecule has 0 radical (unpaired) electrons. The molecule has 3 aromatic rings. The van der Waals surface area contributed by atoms with Gasteiger partial charge in [0.25, 0.3) is 0 Å². The summed E-state index contributed by atoms with van der Waals surface area (Å²) in [5.41, 5.74) is 2.76. The van der Waals surface area contributed by atoms with Gasteiger partial charge < -0.3 is 10.2 Å². The topological polar surface area (TPSA) is 65.2 Å². The van der Waals surface area contributed by atoms with Crippen LogP contribution >= 0.6 is 0 Å². The highest BCUT2D eigenvalue weighted by Crippen LogP contribution is 2.22. The monoisotopic (exact) mass is 316 g/mol. The number of nitrogens with zero attached hydrogens (tertiary/aromatic N) is 2. The fraction of sp³-hybridized carbons (Fsp3) is 0. The van der Waals surface area contributed by atoms with E-state index >= 15 is 0 Å². The van der Waals surface area contributed by atoms with Gasteiger partial charge in [-0.05, 0) is 42.5 Å². The standard InChI is InChI=1S/C20H16N2O2/c23-19-10-3-1-6-15(19)13-21-17-8-5-9-18(12-17)22-14-16-7-2-4-11-20(16)24/h1-14,23-24H/b21-13-,22-14+. The van der Waals surface area contributed by atoms with Gasteiger partial charge in [0.05, 0.1) is 11.4 Å². The number of hydrogen-bond acceptors (Lipinski definition) is 4. The number of benzene rings is 3. The van der Waals surface area contributed by atoms with Gasteiger partial charge in [-0.3, -0.25) is 9.98 Å². The summed E-state index contributed by atoms with van der Waals surface area (Å²) in [5.74, 6) is 0.380. The normalized spacial score (nSPS) is 11.3. The molecule has 0 amide bonds. The lowest BCUT2D eigenvalue weighted by Gasteiger charge is -1.99. The second-order valence-corrected chi connectivity index (χ2v) is 5.15. The summed E-state index contributed by atoms with van der Waals surface area (Å²) in [6, 6.07) is 21.4. The lowest BCUT2D eigenvalue weighted by molar-refractivity contribution is 0.474. The number of rotatable bonds is 4. The maximum Gasteiger partial charge on any atom is 0.124 e. The molecule has 0 aliphatic rings. The maximum absolute atomic E-state index is 9.74. The third kappa shape index (κ3) is 3.87. The first-order valence-electron chi connectivity index (χ1n) is 7.46. The Morgan fingerprint density at radius 2 is 1.04 bits per heavy atom. The quantitative estimate of drug-likeness (QED) is 0.691. The van der Waals surface area contributed by atoms with E-state index in [4.69, 9.17) is 0 Å². The molecule has 24 heavy (non-hydrogen) atoms. The molecule has 2 N–H and O–H groups in total. The Morgan fingerprint density at radius 3 is 1.50 bits per heavy atom. The molecule has 0 fully saturated rings. The molecule has 0 heterocycles. The van der Waals surface area contributed by atoms with Gasteiger partial charge in [0, 0.05) is 23.6 Å². The number of para-hydroxylation sites is 2. The molecule has 0 spiro atoms. The zero-order valence-corrected chi connectivity index (χ0v) is 12.9. The van der Waals surface area contributed by atoms with E-state index in [9.17, 15) is 10.2 Å². The SMILES string of the molecule is Oc1ccccc1/C=N\c1cccc(/N=C/c2ccccc2O)c1. The molecular weight excluding hydrogens is 300 g/mol. The van der Waals surface area contributed by atoms with Crippen LogP contribution in [0.5, 0.6) is 11.5 Å². The molecule has 0 unspecified atom stereocenters. The van der Waals surface area contributed by atoms with Crippen LogP contribution in [0.1, 0.15) is 11.1 Å². The van der Waals surface area contributed by atoms with Gasteiger partial charge in [-0.25, -0.2) is 0 Å². The van der Waals surface area contributed by atoms with Crippen LogP contribution in [0.25, 0.3) is 0 Å². The minimum Gasteiger partial charge on any atom is -0.507 e. The highest BCUT2D eigenvalue weighted by atomic mass is 16.3. The van der Waals surface area contributed by atoms with Crippen molar-refractivity contribution in [3.63, 3.8) is 0 Å². The van der Waals surface area contributed by atoms with Crippen LogP contribution in [0.4, 0.5) is 11.4 Å². The Labute approximate surface area is 140 Å². The second kappa shape index (κ2) is 7.24. The highest BCUT2D eigenvalue weighted by Gasteiger charge is 1.98. The number of aliphatic imine (C=N–C) groups is 2. The average molecular weight is 316 g/mol. The summed E-state index contributed by atoms with van der Waals surface area (Å²) in [5, 5.41) is 19.5. The van der Waals surface area contributed by atoms with E-state index in [1.807, 2.05) is 36.4 Å². The van der Waals surface area contributed by atoms with E-state index in [2.05, 4.69) is 9.98 Å². The van der Waals surface area contributed by atoms with Crippen molar-refractivity contribution in [2.24, 2.45) is 9.98 Å². The Bertz CT molecular complexity index is 831. The third-order valence-electron chi connectivity index (χ3n) is 3.41. The first kappa shape index (κ1) is 15.5. The van der Waals surface area contributed by atoms with Crippen LogP contribution in [-0.4, -0.2) is 22.6 Å². The Kier molecular flexibility index (Phi) is 4.68. The minimum absolute atomic E-state index is 0.190. The molecule has 0 aromatic heterocycles. The third-order valence-corrected chi connectivity index (χ3v) is 3.41.